The number of hydrazine groups is 1. The van der Waals surface area contributed by atoms with Crippen molar-refractivity contribution in [1.29, 1.82) is 0 Å². The molecule has 0 spiro atoms. The Morgan fingerprint density at radius 2 is 2.00 bits per heavy atom. The van der Waals surface area contributed by atoms with Crippen LogP contribution in [-0.2, 0) is 0 Å². The Morgan fingerprint density at radius 3 is 2.56 bits per heavy atom. The molecule has 1 aliphatic heterocycles. The Kier molecular flexibility index (Phi) is 3.64. The van der Waals surface area contributed by atoms with Gasteiger partial charge in [0.1, 0.15) is 0 Å². The van der Waals surface area contributed by atoms with Gasteiger partial charge in [0.15, 0.2) is 0 Å². The molecule has 3 nitrogen and oxygen atoms in total. The molecule has 1 aliphatic rings. The molecule has 0 saturated carbocycles. The van der Waals surface area contributed by atoms with E-state index in [9.17, 15) is 0 Å². The van der Waals surface area contributed by atoms with Crippen LogP contribution in [0.1, 0.15) is 18.9 Å². The third-order valence-corrected chi connectivity index (χ3v) is 3.23. The zero-order valence-electron chi connectivity index (χ0n) is 8.61. The van der Waals surface area contributed by atoms with Gasteiger partial charge in [0.25, 0.3) is 0 Å². The Balaban J connectivity index is 2.37. The molecular formula is C10H11Cl2N3S. The quantitative estimate of drug-likeness (QED) is 0.812. The second-order valence-corrected chi connectivity index (χ2v) is 4.83. The van der Waals surface area contributed by atoms with Crippen LogP contribution in [0.15, 0.2) is 23.3 Å². The summed E-state index contributed by atoms with van der Waals surface area (Å²) in [7, 11) is 0. The lowest BCUT2D eigenvalue weighted by Gasteiger charge is -2.16. The van der Waals surface area contributed by atoms with E-state index in [1.165, 1.54) is 0 Å². The summed E-state index contributed by atoms with van der Waals surface area (Å²) in [5.74, 6) is 0. The molecular weight excluding hydrogens is 265 g/mol. The van der Waals surface area contributed by atoms with Crippen molar-refractivity contribution in [1.82, 2.24) is 9.95 Å². The normalized spacial score (nSPS) is 20.8. The van der Waals surface area contributed by atoms with Gasteiger partial charge in [-0.15, -0.1) is 4.41 Å². The Bertz CT molecular complexity index is 416. The lowest BCUT2D eigenvalue weighted by atomic mass is 10.0. The van der Waals surface area contributed by atoms with E-state index in [-0.39, 0.29) is 6.04 Å². The molecule has 0 aromatic heterocycles. The minimum absolute atomic E-state index is 0.123. The highest BCUT2D eigenvalue weighted by molar-refractivity contribution is 7.77. The average molecular weight is 276 g/mol. The topological polar surface area (TPSA) is 27.6 Å². The molecule has 1 N–H and O–H groups in total. The van der Waals surface area contributed by atoms with Gasteiger partial charge < -0.3 is 0 Å². The molecule has 0 amide bonds. The number of hydrazone groups is 1. The smallest absolute Gasteiger partial charge is 0.0893 e. The molecule has 0 fully saturated rings. The highest BCUT2D eigenvalue weighted by atomic mass is 35.5. The molecule has 0 radical (unpaired) electrons. The summed E-state index contributed by atoms with van der Waals surface area (Å²) in [5.41, 5.74) is 4.64. The van der Waals surface area contributed by atoms with Crippen LogP contribution >= 0.6 is 36.0 Å². The van der Waals surface area contributed by atoms with Gasteiger partial charge in [-0.05, 0) is 24.6 Å². The van der Waals surface area contributed by atoms with E-state index >= 15 is 0 Å². The molecule has 0 saturated heterocycles. The lowest BCUT2D eigenvalue weighted by molar-refractivity contribution is 0.360. The fourth-order valence-electron chi connectivity index (χ4n) is 1.69. The standard InChI is InChI=1S/C10H11Cl2N3S/c1-2-9-10(13-14-15(9)16)6-3-7(11)5-8(12)4-6/h3-5,9,14,16H,2H2,1H3. The number of nitrogens with zero attached hydrogens (tertiary/aromatic N) is 2. The molecule has 2 rings (SSSR count). The summed E-state index contributed by atoms with van der Waals surface area (Å²) >= 11 is 16.2. The van der Waals surface area contributed by atoms with Crippen molar-refractivity contribution in [3.05, 3.63) is 33.8 Å². The maximum atomic E-state index is 5.96. The highest BCUT2D eigenvalue weighted by Gasteiger charge is 2.27. The fourth-order valence-corrected chi connectivity index (χ4v) is 2.53. The third kappa shape index (κ3) is 2.30. The van der Waals surface area contributed by atoms with Crippen molar-refractivity contribution >= 4 is 41.7 Å². The predicted octanol–water partition coefficient (Wildman–Crippen LogP) is 3.14. The van der Waals surface area contributed by atoms with Gasteiger partial charge in [-0.1, -0.05) is 42.9 Å². The van der Waals surface area contributed by atoms with Crippen LogP contribution in [0.25, 0.3) is 0 Å². The van der Waals surface area contributed by atoms with Gasteiger partial charge in [0, 0.05) is 15.6 Å². The van der Waals surface area contributed by atoms with Crippen LogP contribution in [0, 0.1) is 0 Å². The maximum absolute atomic E-state index is 5.96. The highest BCUT2D eigenvalue weighted by Crippen LogP contribution is 2.24. The van der Waals surface area contributed by atoms with Crippen LogP contribution in [0.4, 0.5) is 0 Å². The SMILES string of the molecule is CCC1C(c2cc(Cl)cc(Cl)c2)=NNN1S. The molecule has 86 valence electrons. The van der Waals surface area contributed by atoms with Gasteiger partial charge in [0.2, 0.25) is 0 Å². The molecule has 1 aromatic carbocycles. The van der Waals surface area contributed by atoms with Gasteiger partial charge >= 0.3 is 0 Å². The third-order valence-electron chi connectivity index (χ3n) is 2.43. The van der Waals surface area contributed by atoms with Crippen molar-refractivity contribution in [2.24, 2.45) is 5.10 Å². The summed E-state index contributed by atoms with van der Waals surface area (Å²) in [4.78, 5) is 0. The van der Waals surface area contributed by atoms with E-state index in [0.29, 0.717) is 10.0 Å². The van der Waals surface area contributed by atoms with E-state index in [1.807, 2.05) is 12.1 Å². The first-order chi connectivity index (χ1) is 7.61. The van der Waals surface area contributed by atoms with Crippen molar-refractivity contribution < 1.29 is 0 Å². The van der Waals surface area contributed by atoms with Gasteiger partial charge in [0.05, 0.1) is 11.8 Å². The van der Waals surface area contributed by atoms with Crippen LogP contribution in [-0.4, -0.2) is 16.2 Å². The average Bonchev–Trinajstić information content (AvgIpc) is 2.58. The number of hydrogen-bond acceptors (Lipinski definition) is 4. The Hall–Kier alpha value is -0.420. The first kappa shape index (κ1) is 12.0. The monoisotopic (exact) mass is 275 g/mol. The molecule has 1 heterocycles. The first-order valence-electron chi connectivity index (χ1n) is 4.89. The van der Waals surface area contributed by atoms with E-state index in [1.54, 1.807) is 10.5 Å². The molecule has 1 atom stereocenters. The van der Waals surface area contributed by atoms with Crippen LogP contribution < -0.4 is 5.53 Å². The lowest BCUT2D eigenvalue weighted by Crippen LogP contribution is -2.32. The van der Waals surface area contributed by atoms with Gasteiger partial charge in [-0.25, -0.2) is 5.53 Å². The Morgan fingerprint density at radius 1 is 1.38 bits per heavy atom. The Labute approximate surface area is 110 Å². The molecule has 1 aromatic rings. The molecule has 6 heteroatoms. The molecule has 0 aliphatic carbocycles. The van der Waals surface area contributed by atoms with Crippen molar-refractivity contribution in [3.63, 3.8) is 0 Å². The van der Waals surface area contributed by atoms with Crippen molar-refractivity contribution in [3.8, 4) is 0 Å². The van der Waals surface area contributed by atoms with E-state index in [0.717, 1.165) is 17.7 Å². The van der Waals surface area contributed by atoms with Gasteiger partial charge in [-0.3, -0.25) is 0 Å². The maximum Gasteiger partial charge on any atom is 0.0893 e. The number of thiol groups is 1. The summed E-state index contributed by atoms with van der Waals surface area (Å²) in [6.07, 6.45) is 0.902. The van der Waals surface area contributed by atoms with E-state index in [2.05, 4.69) is 30.4 Å². The zero-order valence-corrected chi connectivity index (χ0v) is 11.0. The van der Waals surface area contributed by atoms with Crippen LogP contribution in [0.2, 0.25) is 10.0 Å². The summed E-state index contributed by atoms with van der Waals surface area (Å²) in [6.45, 7) is 2.07. The second-order valence-electron chi connectivity index (χ2n) is 3.52. The van der Waals surface area contributed by atoms with Crippen LogP contribution in [0.5, 0.6) is 0 Å². The summed E-state index contributed by atoms with van der Waals surface area (Å²) in [6, 6.07) is 5.53. The molecule has 16 heavy (non-hydrogen) atoms. The number of nitrogens with one attached hydrogen (secondary N) is 1. The molecule has 1 unspecified atom stereocenters. The van der Waals surface area contributed by atoms with E-state index in [4.69, 9.17) is 23.2 Å². The van der Waals surface area contributed by atoms with Crippen molar-refractivity contribution in [2.75, 3.05) is 0 Å². The van der Waals surface area contributed by atoms with Gasteiger partial charge in [-0.2, -0.15) is 5.10 Å². The number of benzene rings is 1. The number of rotatable bonds is 2. The van der Waals surface area contributed by atoms with E-state index < -0.39 is 0 Å². The molecule has 0 bridgehead atoms. The number of hydrogen-bond donors (Lipinski definition) is 2. The largest absolute Gasteiger partial charge is 0.230 e. The minimum Gasteiger partial charge on any atom is -0.230 e. The van der Waals surface area contributed by atoms with Crippen LogP contribution in [0.3, 0.4) is 0 Å². The predicted molar refractivity (Wildman–Crippen MR) is 71.0 cm³/mol. The first-order valence-corrected chi connectivity index (χ1v) is 6.05. The number of halogens is 2. The summed E-state index contributed by atoms with van der Waals surface area (Å²) in [5, 5.41) is 5.44. The fraction of sp³-hybridized carbons (Fsp3) is 0.300. The van der Waals surface area contributed by atoms with Crippen molar-refractivity contribution in [2.45, 2.75) is 19.4 Å². The second kappa shape index (κ2) is 4.84. The summed E-state index contributed by atoms with van der Waals surface area (Å²) < 4.78 is 1.67. The zero-order chi connectivity index (χ0) is 11.7. The minimum atomic E-state index is 0.123.